The normalized spacial score (nSPS) is 10.4. The number of nitrogens with zero attached hydrogens (tertiary/aromatic N) is 2. The number of hydrogen-bond donors (Lipinski definition) is 2. The van der Waals surface area contributed by atoms with Gasteiger partial charge in [0, 0.05) is 25.5 Å². The average Bonchev–Trinajstić information content (AvgIpc) is 2.78. The summed E-state index contributed by atoms with van der Waals surface area (Å²) in [5.41, 5.74) is 5.65. The number of amides is 1. The van der Waals surface area contributed by atoms with E-state index in [2.05, 4.69) is 15.5 Å². The smallest absolute Gasteiger partial charge is 0.251 e. The highest BCUT2D eigenvalue weighted by atomic mass is 19.1. The zero-order valence-electron chi connectivity index (χ0n) is 10.3. The highest BCUT2D eigenvalue weighted by Crippen LogP contribution is 2.11. The van der Waals surface area contributed by atoms with Gasteiger partial charge in [-0.1, -0.05) is 5.16 Å². The molecule has 0 spiro atoms. The molecule has 19 heavy (non-hydrogen) atoms. The number of aromatic nitrogens is 2. The monoisotopic (exact) mass is 264 g/mol. The summed E-state index contributed by atoms with van der Waals surface area (Å²) in [6.07, 6.45) is 0.458. The maximum atomic E-state index is 13.0. The third kappa shape index (κ3) is 3.27. The van der Waals surface area contributed by atoms with E-state index in [-0.39, 0.29) is 11.6 Å². The largest absolute Gasteiger partial charge is 0.396 e. The SMILES string of the molecule is Cc1nc(CCNC(=O)c2ccc(F)c(N)c2)no1. The van der Waals surface area contributed by atoms with E-state index >= 15 is 0 Å². The molecule has 1 aromatic carbocycles. The Morgan fingerprint density at radius 3 is 2.95 bits per heavy atom. The predicted molar refractivity (Wildman–Crippen MR) is 65.9 cm³/mol. The van der Waals surface area contributed by atoms with Crippen molar-refractivity contribution in [3.8, 4) is 0 Å². The van der Waals surface area contributed by atoms with E-state index in [1.54, 1.807) is 6.92 Å². The zero-order valence-corrected chi connectivity index (χ0v) is 10.3. The van der Waals surface area contributed by atoms with Crippen LogP contribution in [-0.4, -0.2) is 22.6 Å². The summed E-state index contributed by atoms with van der Waals surface area (Å²) in [6, 6.07) is 3.83. The van der Waals surface area contributed by atoms with Gasteiger partial charge in [-0.15, -0.1) is 0 Å². The standard InChI is InChI=1S/C12H13FN4O2/c1-7-16-11(17-19-7)4-5-15-12(18)8-2-3-9(13)10(14)6-8/h2-3,6H,4-5,14H2,1H3,(H,15,18). The first kappa shape index (κ1) is 13.0. The van der Waals surface area contributed by atoms with Gasteiger partial charge in [-0.3, -0.25) is 4.79 Å². The molecular formula is C12H13FN4O2. The number of aryl methyl sites for hydroxylation is 1. The molecule has 0 aliphatic rings. The molecular weight excluding hydrogens is 251 g/mol. The maximum absolute atomic E-state index is 13.0. The van der Waals surface area contributed by atoms with E-state index in [1.165, 1.54) is 12.1 Å². The van der Waals surface area contributed by atoms with Gasteiger partial charge in [-0.25, -0.2) is 4.39 Å². The molecule has 1 aromatic heterocycles. The Kier molecular flexibility index (Phi) is 3.74. The third-order valence-electron chi connectivity index (χ3n) is 2.46. The minimum absolute atomic E-state index is 0.0542. The topological polar surface area (TPSA) is 94.0 Å². The van der Waals surface area contributed by atoms with Gasteiger partial charge < -0.3 is 15.6 Å². The summed E-state index contributed by atoms with van der Waals surface area (Å²) in [7, 11) is 0. The lowest BCUT2D eigenvalue weighted by atomic mass is 10.2. The minimum atomic E-state index is -0.543. The molecule has 0 radical (unpaired) electrons. The van der Waals surface area contributed by atoms with Crippen molar-refractivity contribution in [3.05, 3.63) is 41.3 Å². The molecule has 0 aliphatic carbocycles. The fourth-order valence-electron chi connectivity index (χ4n) is 1.52. The van der Waals surface area contributed by atoms with E-state index in [9.17, 15) is 9.18 Å². The molecule has 6 nitrogen and oxygen atoms in total. The molecule has 2 rings (SSSR count). The lowest BCUT2D eigenvalue weighted by Gasteiger charge is -2.04. The molecule has 0 unspecified atom stereocenters. The summed E-state index contributed by atoms with van der Waals surface area (Å²) >= 11 is 0. The van der Waals surface area contributed by atoms with E-state index in [1.807, 2.05) is 0 Å². The van der Waals surface area contributed by atoms with Crippen LogP contribution in [0.2, 0.25) is 0 Å². The van der Waals surface area contributed by atoms with E-state index in [0.717, 1.165) is 6.07 Å². The molecule has 0 aliphatic heterocycles. The number of halogens is 1. The number of carbonyl (C=O) groups excluding carboxylic acids is 1. The second-order valence-corrected chi connectivity index (χ2v) is 3.97. The van der Waals surface area contributed by atoms with Crippen molar-refractivity contribution in [2.24, 2.45) is 0 Å². The molecule has 7 heteroatoms. The quantitative estimate of drug-likeness (QED) is 0.805. The van der Waals surface area contributed by atoms with Gasteiger partial charge in [0.15, 0.2) is 5.82 Å². The first-order valence-corrected chi connectivity index (χ1v) is 5.68. The molecule has 0 saturated heterocycles. The first-order valence-electron chi connectivity index (χ1n) is 5.68. The molecule has 1 heterocycles. The number of benzene rings is 1. The van der Waals surface area contributed by atoms with Crippen molar-refractivity contribution in [2.75, 3.05) is 12.3 Å². The van der Waals surface area contributed by atoms with Gasteiger partial charge in [0.1, 0.15) is 5.82 Å². The van der Waals surface area contributed by atoms with Crippen molar-refractivity contribution in [1.29, 1.82) is 0 Å². The molecule has 2 aromatic rings. The van der Waals surface area contributed by atoms with Crippen LogP contribution in [-0.2, 0) is 6.42 Å². The Morgan fingerprint density at radius 1 is 1.53 bits per heavy atom. The number of hydrogen-bond acceptors (Lipinski definition) is 5. The van der Waals surface area contributed by atoms with Gasteiger partial charge in [-0.05, 0) is 18.2 Å². The fourth-order valence-corrected chi connectivity index (χ4v) is 1.52. The fraction of sp³-hybridized carbons (Fsp3) is 0.250. The lowest BCUT2D eigenvalue weighted by Crippen LogP contribution is -2.26. The Balaban J connectivity index is 1.89. The summed E-state index contributed by atoms with van der Waals surface area (Å²) in [5, 5.41) is 6.37. The summed E-state index contributed by atoms with van der Waals surface area (Å²) in [5.74, 6) is 0.134. The van der Waals surface area contributed by atoms with Gasteiger partial charge in [0.25, 0.3) is 5.91 Å². The summed E-state index contributed by atoms with van der Waals surface area (Å²) < 4.78 is 17.8. The molecule has 0 fully saturated rings. The number of nitrogens with one attached hydrogen (secondary N) is 1. The Morgan fingerprint density at radius 2 is 2.32 bits per heavy atom. The second kappa shape index (κ2) is 5.47. The lowest BCUT2D eigenvalue weighted by molar-refractivity contribution is 0.0954. The van der Waals surface area contributed by atoms with Crippen LogP contribution < -0.4 is 11.1 Å². The van der Waals surface area contributed by atoms with Gasteiger partial charge in [0.2, 0.25) is 5.89 Å². The summed E-state index contributed by atoms with van der Waals surface area (Å²) in [6.45, 7) is 2.05. The van der Waals surface area contributed by atoms with Crippen LogP contribution >= 0.6 is 0 Å². The Bertz CT molecular complexity index is 597. The Labute approximate surface area is 108 Å². The molecule has 0 saturated carbocycles. The van der Waals surface area contributed by atoms with Crippen LogP contribution in [0.3, 0.4) is 0 Å². The Hall–Kier alpha value is -2.44. The second-order valence-electron chi connectivity index (χ2n) is 3.97. The van der Waals surface area contributed by atoms with E-state index in [4.69, 9.17) is 10.3 Å². The molecule has 1 amide bonds. The van der Waals surface area contributed by atoms with Gasteiger partial charge in [-0.2, -0.15) is 4.98 Å². The van der Waals surface area contributed by atoms with Crippen molar-refractivity contribution >= 4 is 11.6 Å². The average molecular weight is 264 g/mol. The third-order valence-corrected chi connectivity index (χ3v) is 2.46. The van der Waals surface area contributed by atoms with Crippen LogP contribution in [0.25, 0.3) is 0 Å². The van der Waals surface area contributed by atoms with Crippen molar-refractivity contribution in [2.45, 2.75) is 13.3 Å². The number of anilines is 1. The highest BCUT2D eigenvalue weighted by molar-refractivity contribution is 5.95. The van der Waals surface area contributed by atoms with Gasteiger partial charge in [0.05, 0.1) is 5.69 Å². The highest BCUT2D eigenvalue weighted by Gasteiger charge is 2.08. The molecule has 3 N–H and O–H groups in total. The number of carbonyl (C=O) groups is 1. The van der Waals surface area contributed by atoms with Crippen LogP contribution in [0.4, 0.5) is 10.1 Å². The van der Waals surface area contributed by atoms with Crippen molar-refractivity contribution in [3.63, 3.8) is 0 Å². The van der Waals surface area contributed by atoms with Crippen LogP contribution in [0.15, 0.2) is 22.7 Å². The molecule has 100 valence electrons. The molecule has 0 atom stereocenters. The maximum Gasteiger partial charge on any atom is 0.251 e. The van der Waals surface area contributed by atoms with Crippen LogP contribution in [0, 0.1) is 12.7 Å². The minimum Gasteiger partial charge on any atom is -0.396 e. The van der Waals surface area contributed by atoms with E-state index < -0.39 is 5.82 Å². The summed E-state index contributed by atoms with van der Waals surface area (Å²) in [4.78, 5) is 15.8. The number of nitrogen functional groups attached to an aromatic ring is 1. The van der Waals surface area contributed by atoms with Crippen LogP contribution in [0.1, 0.15) is 22.1 Å². The van der Waals surface area contributed by atoms with E-state index in [0.29, 0.717) is 30.2 Å². The van der Waals surface area contributed by atoms with Crippen molar-refractivity contribution in [1.82, 2.24) is 15.5 Å². The van der Waals surface area contributed by atoms with Gasteiger partial charge >= 0.3 is 0 Å². The molecule has 0 bridgehead atoms. The predicted octanol–water partition coefficient (Wildman–Crippen LogP) is 1.07. The van der Waals surface area contributed by atoms with Crippen molar-refractivity contribution < 1.29 is 13.7 Å². The first-order chi connectivity index (χ1) is 9.06. The zero-order chi connectivity index (χ0) is 13.8. The number of rotatable bonds is 4. The van der Waals surface area contributed by atoms with Crippen LogP contribution in [0.5, 0.6) is 0 Å². The number of nitrogens with two attached hydrogens (primary N) is 1.